The van der Waals surface area contributed by atoms with E-state index in [0.29, 0.717) is 19.5 Å². The predicted molar refractivity (Wildman–Crippen MR) is 79.8 cm³/mol. The van der Waals surface area contributed by atoms with Crippen molar-refractivity contribution in [1.29, 1.82) is 0 Å². The van der Waals surface area contributed by atoms with Gasteiger partial charge in [0.15, 0.2) is 0 Å². The summed E-state index contributed by atoms with van der Waals surface area (Å²) in [5.41, 5.74) is 2.31. The second-order valence-corrected chi connectivity index (χ2v) is 5.74. The SMILES string of the molecule is CNC(=O)N1CCN2C(=O)CC[C@H]2[C@@H]1c1ccccc1C. The third-order valence-corrected chi connectivity index (χ3v) is 4.64. The highest BCUT2D eigenvalue weighted by Crippen LogP contribution is 2.38. The molecular formula is C16H21N3O2. The molecule has 0 aliphatic carbocycles. The quantitative estimate of drug-likeness (QED) is 0.854. The second kappa shape index (κ2) is 5.39. The van der Waals surface area contributed by atoms with Gasteiger partial charge in [0.1, 0.15) is 0 Å². The number of benzene rings is 1. The van der Waals surface area contributed by atoms with E-state index in [1.54, 1.807) is 7.05 Å². The third-order valence-electron chi connectivity index (χ3n) is 4.64. The van der Waals surface area contributed by atoms with Crippen LogP contribution in [0, 0.1) is 6.92 Å². The molecule has 0 bridgehead atoms. The van der Waals surface area contributed by atoms with Crippen molar-refractivity contribution in [3.8, 4) is 0 Å². The zero-order valence-electron chi connectivity index (χ0n) is 12.5. The minimum Gasteiger partial charge on any atom is -0.341 e. The number of hydrogen-bond acceptors (Lipinski definition) is 2. The number of amides is 3. The Balaban J connectivity index is 2.02. The van der Waals surface area contributed by atoms with Crippen molar-refractivity contribution < 1.29 is 9.59 Å². The van der Waals surface area contributed by atoms with Crippen LogP contribution in [-0.2, 0) is 4.79 Å². The number of hydrogen-bond donors (Lipinski definition) is 1. The fourth-order valence-electron chi connectivity index (χ4n) is 3.60. The molecule has 0 saturated carbocycles. The highest BCUT2D eigenvalue weighted by Gasteiger charge is 2.45. The van der Waals surface area contributed by atoms with Gasteiger partial charge in [-0.3, -0.25) is 4.79 Å². The standard InChI is InChI=1S/C16H21N3O2/c1-11-5-3-4-6-12(11)15-13-7-8-14(20)18(13)9-10-19(15)16(21)17-2/h3-6,13,15H,7-10H2,1-2H3,(H,17,21)/t13-,15-/m0/s1. The van der Waals surface area contributed by atoms with E-state index >= 15 is 0 Å². The first-order valence-electron chi connectivity index (χ1n) is 7.47. The molecule has 2 aliphatic rings. The first-order chi connectivity index (χ1) is 10.1. The Hall–Kier alpha value is -2.04. The van der Waals surface area contributed by atoms with Crippen LogP contribution >= 0.6 is 0 Å². The van der Waals surface area contributed by atoms with Crippen LogP contribution in [0.25, 0.3) is 0 Å². The summed E-state index contributed by atoms with van der Waals surface area (Å²) in [6.45, 7) is 3.29. The van der Waals surface area contributed by atoms with Crippen LogP contribution in [0.1, 0.15) is 30.0 Å². The maximum atomic E-state index is 12.2. The molecule has 0 aromatic heterocycles. The highest BCUT2D eigenvalue weighted by atomic mass is 16.2. The zero-order valence-corrected chi connectivity index (χ0v) is 12.5. The van der Waals surface area contributed by atoms with E-state index in [1.807, 2.05) is 21.9 Å². The molecule has 0 spiro atoms. The predicted octanol–water partition coefficient (Wildman–Crippen LogP) is 1.68. The van der Waals surface area contributed by atoms with Crippen LogP contribution in [-0.4, -0.2) is 47.9 Å². The summed E-state index contributed by atoms with van der Waals surface area (Å²) in [4.78, 5) is 28.1. The van der Waals surface area contributed by atoms with Crippen molar-refractivity contribution in [2.75, 3.05) is 20.1 Å². The van der Waals surface area contributed by atoms with Gasteiger partial charge in [-0.25, -0.2) is 4.79 Å². The molecule has 0 unspecified atom stereocenters. The third kappa shape index (κ3) is 2.26. The number of carbonyl (C=O) groups is 2. The number of urea groups is 1. The van der Waals surface area contributed by atoms with E-state index in [9.17, 15) is 9.59 Å². The number of carbonyl (C=O) groups excluding carboxylic acids is 2. The molecule has 2 aliphatic heterocycles. The van der Waals surface area contributed by atoms with Crippen molar-refractivity contribution in [2.45, 2.75) is 31.8 Å². The van der Waals surface area contributed by atoms with Gasteiger partial charge in [-0.15, -0.1) is 0 Å². The molecule has 1 N–H and O–H groups in total. The van der Waals surface area contributed by atoms with Crippen LogP contribution in [0.4, 0.5) is 4.79 Å². The number of fused-ring (bicyclic) bond motifs is 1. The lowest BCUT2D eigenvalue weighted by Crippen LogP contribution is -2.56. The number of aryl methyl sites for hydroxylation is 1. The number of rotatable bonds is 1. The van der Waals surface area contributed by atoms with E-state index in [-0.39, 0.29) is 24.0 Å². The Bertz CT molecular complexity index is 572. The van der Waals surface area contributed by atoms with Gasteiger partial charge in [-0.2, -0.15) is 0 Å². The van der Waals surface area contributed by atoms with Crippen LogP contribution in [0.2, 0.25) is 0 Å². The molecule has 2 atom stereocenters. The molecule has 21 heavy (non-hydrogen) atoms. The van der Waals surface area contributed by atoms with Crippen molar-refractivity contribution in [1.82, 2.24) is 15.1 Å². The Morgan fingerprint density at radius 1 is 1.29 bits per heavy atom. The fourth-order valence-corrected chi connectivity index (χ4v) is 3.60. The minimum atomic E-state index is -0.0674. The normalized spacial score (nSPS) is 25.0. The summed E-state index contributed by atoms with van der Waals surface area (Å²) in [6.07, 6.45) is 1.42. The summed E-state index contributed by atoms with van der Waals surface area (Å²) in [5.74, 6) is 0.218. The molecule has 0 radical (unpaired) electrons. The van der Waals surface area contributed by atoms with Gasteiger partial charge in [-0.1, -0.05) is 24.3 Å². The topological polar surface area (TPSA) is 52.7 Å². The molecule has 3 amide bonds. The maximum absolute atomic E-state index is 12.2. The summed E-state index contributed by atoms with van der Waals surface area (Å²) in [5, 5.41) is 2.73. The van der Waals surface area contributed by atoms with E-state index in [4.69, 9.17) is 0 Å². The van der Waals surface area contributed by atoms with Gasteiger partial charge in [0.05, 0.1) is 12.1 Å². The van der Waals surface area contributed by atoms with Crippen molar-refractivity contribution >= 4 is 11.9 Å². The van der Waals surface area contributed by atoms with E-state index < -0.39 is 0 Å². The summed E-state index contributed by atoms with van der Waals surface area (Å²) in [6, 6.07) is 8.12. The summed E-state index contributed by atoms with van der Waals surface area (Å²) < 4.78 is 0. The molecule has 2 fully saturated rings. The molecule has 1 aromatic rings. The largest absolute Gasteiger partial charge is 0.341 e. The molecule has 2 saturated heterocycles. The fraction of sp³-hybridized carbons (Fsp3) is 0.500. The van der Waals surface area contributed by atoms with Gasteiger partial charge in [-0.05, 0) is 24.5 Å². The average Bonchev–Trinajstić information content (AvgIpc) is 2.88. The van der Waals surface area contributed by atoms with Crippen LogP contribution in [0.5, 0.6) is 0 Å². The molecule has 2 heterocycles. The molecule has 5 heteroatoms. The van der Waals surface area contributed by atoms with Crippen LogP contribution in [0.3, 0.4) is 0 Å². The van der Waals surface area contributed by atoms with E-state index in [1.165, 1.54) is 0 Å². The smallest absolute Gasteiger partial charge is 0.317 e. The van der Waals surface area contributed by atoms with E-state index in [2.05, 4.69) is 24.4 Å². The molecule has 5 nitrogen and oxygen atoms in total. The van der Waals surface area contributed by atoms with Crippen LogP contribution < -0.4 is 5.32 Å². The van der Waals surface area contributed by atoms with Gasteiger partial charge in [0.25, 0.3) is 0 Å². The van der Waals surface area contributed by atoms with Crippen molar-refractivity contribution in [2.24, 2.45) is 0 Å². The van der Waals surface area contributed by atoms with Crippen LogP contribution in [0.15, 0.2) is 24.3 Å². The first-order valence-corrected chi connectivity index (χ1v) is 7.47. The number of nitrogens with zero attached hydrogens (tertiary/aromatic N) is 2. The average molecular weight is 287 g/mol. The first kappa shape index (κ1) is 13.9. The molecular weight excluding hydrogens is 266 g/mol. The number of piperazine rings is 1. The maximum Gasteiger partial charge on any atom is 0.317 e. The van der Waals surface area contributed by atoms with Gasteiger partial charge in [0, 0.05) is 26.6 Å². The second-order valence-electron chi connectivity index (χ2n) is 5.74. The van der Waals surface area contributed by atoms with Crippen molar-refractivity contribution in [3.05, 3.63) is 35.4 Å². The Labute approximate surface area is 124 Å². The molecule has 1 aromatic carbocycles. The monoisotopic (exact) mass is 287 g/mol. The minimum absolute atomic E-state index is 0.0497. The van der Waals surface area contributed by atoms with Gasteiger partial charge >= 0.3 is 6.03 Å². The lowest BCUT2D eigenvalue weighted by atomic mass is 9.91. The zero-order chi connectivity index (χ0) is 15.0. The molecule has 3 rings (SSSR count). The Kier molecular flexibility index (Phi) is 3.57. The Morgan fingerprint density at radius 2 is 2.05 bits per heavy atom. The highest BCUT2D eigenvalue weighted by molar-refractivity contribution is 5.80. The summed E-state index contributed by atoms with van der Waals surface area (Å²) in [7, 11) is 1.66. The van der Waals surface area contributed by atoms with Gasteiger partial charge < -0.3 is 15.1 Å². The van der Waals surface area contributed by atoms with Crippen molar-refractivity contribution in [3.63, 3.8) is 0 Å². The Morgan fingerprint density at radius 3 is 2.76 bits per heavy atom. The van der Waals surface area contributed by atoms with Gasteiger partial charge in [0.2, 0.25) is 5.91 Å². The lowest BCUT2D eigenvalue weighted by Gasteiger charge is -2.45. The lowest BCUT2D eigenvalue weighted by molar-refractivity contribution is -0.131. The number of nitrogens with one attached hydrogen (secondary N) is 1. The molecule has 112 valence electrons. The van der Waals surface area contributed by atoms with E-state index in [0.717, 1.165) is 17.5 Å². The summed E-state index contributed by atoms with van der Waals surface area (Å²) >= 11 is 0.